The molecular formula is C10H8F3O2. The molecule has 0 saturated heterocycles. The van der Waals surface area contributed by atoms with Crippen molar-refractivity contribution in [1.29, 1.82) is 0 Å². The zero-order valence-electron chi connectivity index (χ0n) is 7.67. The van der Waals surface area contributed by atoms with Crippen molar-refractivity contribution in [2.24, 2.45) is 0 Å². The van der Waals surface area contributed by atoms with Gasteiger partial charge in [0, 0.05) is 0 Å². The summed E-state index contributed by atoms with van der Waals surface area (Å²) in [6, 6.07) is 4.41. The lowest BCUT2D eigenvalue weighted by Crippen LogP contribution is -2.04. The van der Waals surface area contributed by atoms with Gasteiger partial charge in [0.25, 0.3) is 0 Å². The number of aryl methyl sites for hydroxylation is 1. The second kappa shape index (κ2) is 4.33. The van der Waals surface area contributed by atoms with Gasteiger partial charge in [-0.05, 0) is 24.1 Å². The molecule has 0 aromatic heterocycles. The van der Waals surface area contributed by atoms with E-state index in [0.717, 1.165) is 12.1 Å². The fourth-order valence-corrected chi connectivity index (χ4v) is 1.11. The monoisotopic (exact) mass is 217 g/mol. The normalized spacial score (nSPS) is 11.4. The van der Waals surface area contributed by atoms with Crippen LogP contribution >= 0.6 is 0 Å². The van der Waals surface area contributed by atoms with Crippen LogP contribution in [0.25, 0.3) is 0 Å². The van der Waals surface area contributed by atoms with Crippen molar-refractivity contribution >= 4 is 5.97 Å². The first-order chi connectivity index (χ1) is 6.89. The van der Waals surface area contributed by atoms with Crippen molar-refractivity contribution in [2.45, 2.75) is 19.0 Å². The molecule has 1 aromatic carbocycles. The van der Waals surface area contributed by atoms with Crippen LogP contribution in [0.3, 0.4) is 0 Å². The Labute approximate surface area is 84.3 Å². The topological polar surface area (TPSA) is 37.0 Å². The van der Waals surface area contributed by atoms with Gasteiger partial charge in [-0.2, -0.15) is 13.2 Å². The summed E-state index contributed by atoms with van der Waals surface area (Å²) in [5.74, 6) is -1.21. The third kappa shape index (κ3) is 3.61. The molecule has 0 aliphatic heterocycles. The minimum Gasteiger partial charge on any atom is -0.247 e. The van der Waals surface area contributed by atoms with E-state index in [4.69, 9.17) is 0 Å². The van der Waals surface area contributed by atoms with Crippen LogP contribution in [-0.2, 0) is 22.5 Å². The highest BCUT2D eigenvalue weighted by Crippen LogP contribution is 2.29. The van der Waals surface area contributed by atoms with E-state index in [9.17, 15) is 23.1 Å². The molecule has 0 atom stereocenters. The average molecular weight is 217 g/mol. The number of halogens is 3. The zero-order chi connectivity index (χ0) is 11.5. The third-order valence-electron chi connectivity index (χ3n) is 1.90. The van der Waals surface area contributed by atoms with Gasteiger partial charge >= 0.3 is 12.1 Å². The first-order valence-electron chi connectivity index (χ1n) is 4.25. The van der Waals surface area contributed by atoms with Gasteiger partial charge in [0.2, 0.25) is 0 Å². The predicted octanol–water partition coefficient (Wildman–Crippen LogP) is 2.60. The highest BCUT2D eigenvalue weighted by atomic mass is 19.4. The molecule has 1 rings (SSSR count). The zero-order valence-corrected chi connectivity index (χ0v) is 7.67. The summed E-state index contributed by atoms with van der Waals surface area (Å²) in [5.41, 5.74) is -0.188. The molecule has 1 radical (unpaired) electrons. The van der Waals surface area contributed by atoms with Gasteiger partial charge in [-0.1, -0.05) is 12.1 Å². The fraction of sp³-hybridized carbons (Fsp3) is 0.300. The van der Waals surface area contributed by atoms with Gasteiger partial charge in [0.1, 0.15) is 0 Å². The van der Waals surface area contributed by atoms with Crippen molar-refractivity contribution in [3.05, 3.63) is 35.4 Å². The minimum absolute atomic E-state index is 0.181. The predicted molar refractivity (Wildman–Crippen MR) is 45.5 cm³/mol. The van der Waals surface area contributed by atoms with Crippen molar-refractivity contribution in [3.63, 3.8) is 0 Å². The van der Waals surface area contributed by atoms with E-state index >= 15 is 0 Å². The largest absolute Gasteiger partial charge is 0.416 e. The summed E-state index contributed by atoms with van der Waals surface area (Å²) in [5, 5.41) is 10.1. The van der Waals surface area contributed by atoms with E-state index in [1.807, 2.05) is 0 Å². The number of rotatable bonds is 3. The molecule has 0 spiro atoms. The van der Waals surface area contributed by atoms with Gasteiger partial charge in [-0.25, -0.2) is 9.90 Å². The summed E-state index contributed by atoms with van der Waals surface area (Å²) in [6.45, 7) is 0. The summed E-state index contributed by atoms with van der Waals surface area (Å²) in [7, 11) is 0. The Kier molecular flexibility index (Phi) is 3.34. The van der Waals surface area contributed by atoms with Crippen molar-refractivity contribution < 1.29 is 23.1 Å². The standard InChI is InChI=1S/C10H8F3O2/c11-10(12,13)8-4-1-7(2-5-8)3-6-9(14)15/h1-2,4-5H,3,6H2. The highest BCUT2D eigenvalue weighted by molar-refractivity contribution is 5.66. The molecular weight excluding hydrogens is 209 g/mol. The Morgan fingerprint density at radius 1 is 1.13 bits per heavy atom. The van der Waals surface area contributed by atoms with E-state index in [1.165, 1.54) is 12.1 Å². The van der Waals surface area contributed by atoms with Crippen LogP contribution in [0.15, 0.2) is 24.3 Å². The number of benzene rings is 1. The van der Waals surface area contributed by atoms with Crippen molar-refractivity contribution in [3.8, 4) is 0 Å². The van der Waals surface area contributed by atoms with Gasteiger partial charge in [0.05, 0.1) is 12.0 Å². The van der Waals surface area contributed by atoms with Gasteiger partial charge < -0.3 is 0 Å². The van der Waals surface area contributed by atoms with Crippen molar-refractivity contribution in [2.75, 3.05) is 0 Å². The highest BCUT2D eigenvalue weighted by Gasteiger charge is 2.29. The molecule has 0 heterocycles. The molecule has 15 heavy (non-hydrogen) atoms. The number of hydrogen-bond acceptors (Lipinski definition) is 1. The molecule has 1 aromatic rings. The first-order valence-corrected chi connectivity index (χ1v) is 4.25. The molecule has 5 heteroatoms. The second-order valence-corrected chi connectivity index (χ2v) is 3.07. The third-order valence-corrected chi connectivity index (χ3v) is 1.90. The van der Waals surface area contributed by atoms with Gasteiger partial charge in [-0.3, -0.25) is 0 Å². The van der Waals surface area contributed by atoms with Gasteiger partial charge in [-0.15, -0.1) is 0 Å². The Hall–Kier alpha value is -1.52. The maximum atomic E-state index is 12.1. The van der Waals surface area contributed by atoms with Crippen molar-refractivity contribution in [1.82, 2.24) is 0 Å². The molecule has 81 valence electrons. The smallest absolute Gasteiger partial charge is 0.247 e. The average Bonchev–Trinajstić information content (AvgIpc) is 2.14. The summed E-state index contributed by atoms with van der Waals surface area (Å²) in [4.78, 5) is 10.1. The minimum atomic E-state index is -4.35. The van der Waals surface area contributed by atoms with Gasteiger partial charge in [0.15, 0.2) is 0 Å². The Morgan fingerprint density at radius 2 is 1.67 bits per heavy atom. The Balaban J connectivity index is 2.69. The maximum Gasteiger partial charge on any atom is 0.416 e. The molecule has 2 nitrogen and oxygen atoms in total. The Bertz CT molecular complexity index is 341. The van der Waals surface area contributed by atoms with Crippen LogP contribution < -0.4 is 0 Å². The molecule has 0 fully saturated rings. The lowest BCUT2D eigenvalue weighted by atomic mass is 10.1. The molecule has 0 unspecified atom stereocenters. The fourth-order valence-electron chi connectivity index (χ4n) is 1.11. The molecule has 0 N–H and O–H groups in total. The van der Waals surface area contributed by atoms with Crippen LogP contribution in [0, 0.1) is 0 Å². The molecule has 0 aliphatic carbocycles. The van der Waals surface area contributed by atoms with E-state index in [2.05, 4.69) is 0 Å². The van der Waals surface area contributed by atoms with E-state index in [0.29, 0.717) is 5.56 Å². The lowest BCUT2D eigenvalue weighted by Gasteiger charge is -2.06. The van der Waals surface area contributed by atoms with E-state index < -0.39 is 17.7 Å². The lowest BCUT2D eigenvalue weighted by molar-refractivity contribution is -0.143. The number of hydrogen-bond donors (Lipinski definition) is 0. The molecule has 0 amide bonds. The van der Waals surface area contributed by atoms with E-state index in [-0.39, 0.29) is 12.8 Å². The number of alkyl halides is 3. The van der Waals surface area contributed by atoms with Crippen LogP contribution in [0.4, 0.5) is 13.2 Å². The SMILES string of the molecule is [O]C(=O)CCc1ccc(C(F)(F)F)cc1. The number of carbonyl (C=O) groups is 1. The molecule has 0 bridgehead atoms. The molecule has 0 saturated carbocycles. The summed E-state index contributed by atoms with van der Waals surface area (Å²) < 4.78 is 36.4. The maximum absolute atomic E-state index is 12.1. The molecule has 0 aliphatic rings. The summed E-state index contributed by atoms with van der Waals surface area (Å²) in [6.07, 6.45) is -4.36. The van der Waals surface area contributed by atoms with E-state index in [1.54, 1.807) is 0 Å². The Morgan fingerprint density at radius 3 is 2.07 bits per heavy atom. The van der Waals surface area contributed by atoms with Crippen LogP contribution in [0.1, 0.15) is 17.5 Å². The van der Waals surface area contributed by atoms with Crippen LogP contribution in [-0.4, -0.2) is 5.97 Å². The second-order valence-electron chi connectivity index (χ2n) is 3.07. The number of carbonyl (C=O) groups excluding carboxylic acids is 1. The van der Waals surface area contributed by atoms with Crippen LogP contribution in [0.5, 0.6) is 0 Å². The summed E-state index contributed by atoms with van der Waals surface area (Å²) >= 11 is 0. The quantitative estimate of drug-likeness (QED) is 0.766. The first kappa shape index (κ1) is 11.6. The van der Waals surface area contributed by atoms with Crippen LogP contribution in [0.2, 0.25) is 0 Å².